The summed E-state index contributed by atoms with van der Waals surface area (Å²) in [4.78, 5) is 15.6. The van der Waals surface area contributed by atoms with Crippen molar-refractivity contribution < 1.29 is 9.47 Å². The minimum atomic E-state index is 0.143. The van der Waals surface area contributed by atoms with Crippen molar-refractivity contribution in [1.82, 2.24) is 35.2 Å². The summed E-state index contributed by atoms with van der Waals surface area (Å²) >= 11 is 0. The Morgan fingerprint density at radius 2 is 2.00 bits per heavy atom. The van der Waals surface area contributed by atoms with Gasteiger partial charge in [0.2, 0.25) is 24.5 Å². The van der Waals surface area contributed by atoms with Gasteiger partial charge >= 0.3 is 0 Å². The van der Waals surface area contributed by atoms with E-state index in [1.165, 1.54) is 4.80 Å². The SMILES string of the molecule is CN(C)c1nc(N)nc(Cn2nnc(-c3ccc4c(c3)OCO4)n2)n1. The second-order valence-electron chi connectivity index (χ2n) is 5.52. The molecule has 0 unspecified atom stereocenters. The highest BCUT2D eigenvalue weighted by molar-refractivity contribution is 5.60. The molecule has 1 aliphatic heterocycles. The van der Waals surface area contributed by atoms with Crippen molar-refractivity contribution in [1.29, 1.82) is 0 Å². The molecule has 0 bridgehead atoms. The highest BCUT2D eigenvalue weighted by Crippen LogP contribution is 2.34. The molecule has 0 spiro atoms. The van der Waals surface area contributed by atoms with Gasteiger partial charge in [0.15, 0.2) is 17.3 Å². The highest BCUT2D eigenvalue weighted by atomic mass is 16.7. The highest BCUT2D eigenvalue weighted by Gasteiger charge is 2.16. The Hall–Kier alpha value is -3.50. The predicted octanol–water partition coefficient (Wildman–Crippen LogP) is -0.0497. The fraction of sp³-hybridized carbons (Fsp3) is 0.286. The molecule has 3 heterocycles. The number of fused-ring (bicyclic) bond motifs is 1. The Morgan fingerprint density at radius 1 is 1.16 bits per heavy atom. The Labute approximate surface area is 142 Å². The number of hydrogen-bond acceptors (Lipinski definition) is 10. The molecule has 11 heteroatoms. The molecule has 0 amide bonds. The van der Waals surface area contributed by atoms with E-state index in [9.17, 15) is 0 Å². The maximum Gasteiger partial charge on any atom is 0.231 e. The lowest BCUT2D eigenvalue weighted by Crippen LogP contribution is -2.17. The zero-order chi connectivity index (χ0) is 17.4. The molecule has 0 atom stereocenters. The lowest BCUT2D eigenvalue weighted by atomic mass is 10.2. The van der Waals surface area contributed by atoms with Crippen LogP contribution in [0.15, 0.2) is 18.2 Å². The number of nitrogens with two attached hydrogens (primary N) is 1. The Bertz CT molecular complexity index is 924. The van der Waals surface area contributed by atoms with Crippen LogP contribution in [0, 0.1) is 0 Å². The van der Waals surface area contributed by atoms with Crippen LogP contribution in [-0.4, -0.2) is 56.0 Å². The summed E-state index contributed by atoms with van der Waals surface area (Å²) in [6.45, 7) is 0.443. The Kier molecular flexibility index (Phi) is 3.52. The molecular weight excluding hydrogens is 326 g/mol. The molecule has 0 saturated heterocycles. The molecule has 11 nitrogen and oxygen atoms in total. The standard InChI is InChI=1S/C14H15N9O2/c1-22(2)14-17-11(16-13(15)18-14)6-23-20-12(19-21-23)8-3-4-9-10(5-8)25-7-24-9/h3-5H,6-7H2,1-2H3,(H2,15,16,17,18). The van der Waals surface area contributed by atoms with Crippen LogP contribution in [0.1, 0.15) is 5.82 Å². The molecular formula is C14H15N9O2. The van der Waals surface area contributed by atoms with Crippen LogP contribution < -0.4 is 20.1 Å². The molecule has 1 aromatic carbocycles. The van der Waals surface area contributed by atoms with Gasteiger partial charge in [0.25, 0.3) is 0 Å². The van der Waals surface area contributed by atoms with Crippen molar-refractivity contribution in [2.24, 2.45) is 0 Å². The van der Waals surface area contributed by atoms with Crippen molar-refractivity contribution in [2.75, 3.05) is 31.5 Å². The maximum absolute atomic E-state index is 5.72. The van der Waals surface area contributed by atoms with Crippen molar-refractivity contribution in [3.8, 4) is 22.9 Å². The summed E-state index contributed by atoms with van der Waals surface area (Å²) in [6.07, 6.45) is 0. The number of hydrogen-bond donors (Lipinski definition) is 1. The van der Waals surface area contributed by atoms with E-state index < -0.39 is 0 Å². The smallest absolute Gasteiger partial charge is 0.231 e. The molecule has 1 aliphatic rings. The van der Waals surface area contributed by atoms with E-state index in [1.54, 1.807) is 4.90 Å². The Morgan fingerprint density at radius 3 is 2.84 bits per heavy atom. The topological polar surface area (TPSA) is 130 Å². The van der Waals surface area contributed by atoms with Gasteiger partial charge in [-0.15, -0.1) is 10.2 Å². The summed E-state index contributed by atoms with van der Waals surface area (Å²) in [7, 11) is 3.65. The molecule has 0 saturated carbocycles. The average Bonchev–Trinajstić information content (AvgIpc) is 3.22. The van der Waals surface area contributed by atoms with Gasteiger partial charge in [-0.3, -0.25) is 0 Å². The van der Waals surface area contributed by atoms with Gasteiger partial charge in [0.1, 0.15) is 6.54 Å². The minimum absolute atomic E-state index is 0.143. The third-order valence-corrected chi connectivity index (χ3v) is 3.45. The first-order valence-electron chi connectivity index (χ1n) is 7.44. The largest absolute Gasteiger partial charge is 0.454 e. The van der Waals surface area contributed by atoms with Crippen LogP contribution in [0.5, 0.6) is 11.5 Å². The molecule has 3 aromatic rings. The molecule has 0 radical (unpaired) electrons. The first-order chi connectivity index (χ1) is 12.1. The van der Waals surface area contributed by atoms with Crippen molar-refractivity contribution >= 4 is 11.9 Å². The third kappa shape index (κ3) is 2.98. The second-order valence-corrected chi connectivity index (χ2v) is 5.52. The number of rotatable bonds is 4. The average molecular weight is 341 g/mol. The van der Waals surface area contributed by atoms with Gasteiger partial charge in [-0.25, -0.2) is 0 Å². The van der Waals surface area contributed by atoms with E-state index in [0.29, 0.717) is 29.1 Å². The van der Waals surface area contributed by atoms with Crippen LogP contribution in [0.2, 0.25) is 0 Å². The molecule has 0 aliphatic carbocycles. The Balaban J connectivity index is 1.58. The predicted molar refractivity (Wildman–Crippen MR) is 87.0 cm³/mol. The van der Waals surface area contributed by atoms with Crippen LogP contribution in [-0.2, 0) is 6.54 Å². The minimum Gasteiger partial charge on any atom is -0.454 e. The van der Waals surface area contributed by atoms with Gasteiger partial charge in [-0.1, -0.05) is 0 Å². The molecule has 2 N–H and O–H groups in total. The van der Waals surface area contributed by atoms with E-state index in [1.807, 2.05) is 32.3 Å². The number of benzene rings is 1. The van der Waals surface area contributed by atoms with Crippen molar-refractivity contribution in [3.05, 3.63) is 24.0 Å². The number of anilines is 2. The zero-order valence-electron chi connectivity index (χ0n) is 13.6. The van der Waals surface area contributed by atoms with E-state index in [4.69, 9.17) is 15.2 Å². The lowest BCUT2D eigenvalue weighted by molar-refractivity contribution is 0.174. The molecule has 2 aromatic heterocycles. The van der Waals surface area contributed by atoms with Crippen LogP contribution in [0.4, 0.5) is 11.9 Å². The van der Waals surface area contributed by atoms with E-state index in [0.717, 1.165) is 5.56 Å². The zero-order valence-corrected chi connectivity index (χ0v) is 13.6. The normalized spacial score (nSPS) is 12.4. The molecule has 4 rings (SSSR count). The number of aromatic nitrogens is 7. The van der Waals surface area contributed by atoms with E-state index in [2.05, 4.69) is 30.4 Å². The summed E-state index contributed by atoms with van der Waals surface area (Å²) in [5.41, 5.74) is 6.50. The first kappa shape index (κ1) is 15.1. The molecule has 128 valence electrons. The molecule has 0 fully saturated rings. The summed E-state index contributed by atoms with van der Waals surface area (Å²) in [6, 6.07) is 5.48. The summed E-state index contributed by atoms with van der Waals surface area (Å²) < 4.78 is 10.7. The van der Waals surface area contributed by atoms with Gasteiger partial charge in [-0.05, 0) is 23.4 Å². The lowest BCUT2D eigenvalue weighted by Gasteiger charge is -2.10. The fourth-order valence-corrected chi connectivity index (χ4v) is 2.28. The first-order valence-corrected chi connectivity index (χ1v) is 7.44. The maximum atomic E-state index is 5.72. The van der Waals surface area contributed by atoms with Crippen LogP contribution >= 0.6 is 0 Å². The van der Waals surface area contributed by atoms with E-state index in [-0.39, 0.29) is 19.3 Å². The van der Waals surface area contributed by atoms with Gasteiger partial charge in [-0.2, -0.15) is 19.7 Å². The van der Waals surface area contributed by atoms with Crippen molar-refractivity contribution in [3.63, 3.8) is 0 Å². The third-order valence-electron chi connectivity index (χ3n) is 3.45. The second kappa shape index (κ2) is 5.85. The van der Waals surface area contributed by atoms with Gasteiger partial charge < -0.3 is 20.1 Å². The molecule has 25 heavy (non-hydrogen) atoms. The number of nitrogen functional groups attached to an aromatic ring is 1. The van der Waals surface area contributed by atoms with Crippen molar-refractivity contribution in [2.45, 2.75) is 6.54 Å². The number of ether oxygens (including phenoxy) is 2. The summed E-state index contributed by atoms with van der Waals surface area (Å²) in [5.74, 6) is 2.89. The summed E-state index contributed by atoms with van der Waals surface area (Å²) in [5, 5.41) is 12.4. The number of nitrogens with zero attached hydrogens (tertiary/aromatic N) is 8. The van der Waals surface area contributed by atoms with Gasteiger partial charge in [0, 0.05) is 19.7 Å². The number of tetrazole rings is 1. The van der Waals surface area contributed by atoms with Crippen LogP contribution in [0.25, 0.3) is 11.4 Å². The quantitative estimate of drug-likeness (QED) is 0.689. The van der Waals surface area contributed by atoms with Crippen LogP contribution in [0.3, 0.4) is 0 Å². The van der Waals surface area contributed by atoms with E-state index >= 15 is 0 Å². The monoisotopic (exact) mass is 341 g/mol. The fourth-order valence-electron chi connectivity index (χ4n) is 2.28. The van der Waals surface area contributed by atoms with Gasteiger partial charge in [0.05, 0.1) is 0 Å².